The molecule has 0 bridgehead atoms. The van der Waals surface area contributed by atoms with Crippen molar-refractivity contribution in [3.05, 3.63) is 77.4 Å². The van der Waals surface area contributed by atoms with Gasteiger partial charge in [-0.15, -0.1) is 0 Å². The lowest BCUT2D eigenvalue weighted by Crippen LogP contribution is -2.27. The molecule has 4 nitrogen and oxygen atoms in total. The van der Waals surface area contributed by atoms with E-state index in [1.807, 2.05) is 24.3 Å². The molecule has 0 spiro atoms. The monoisotopic (exact) mass is 401 g/mol. The fourth-order valence-corrected chi connectivity index (χ4v) is 4.26. The van der Waals surface area contributed by atoms with E-state index < -0.39 is 5.41 Å². The average molecular weight is 402 g/mol. The van der Waals surface area contributed by atoms with Gasteiger partial charge >= 0.3 is 0 Å². The van der Waals surface area contributed by atoms with Crippen molar-refractivity contribution in [3.8, 4) is 22.6 Å². The zero-order chi connectivity index (χ0) is 20.7. The van der Waals surface area contributed by atoms with Crippen molar-refractivity contribution in [3.63, 3.8) is 0 Å². The summed E-state index contributed by atoms with van der Waals surface area (Å²) in [5, 5.41) is 3.18. The summed E-state index contributed by atoms with van der Waals surface area (Å²) >= 11 is 0. The Balaban J connectivity index is 0.00000231. The minimum Gasteiger partial charge on any atom is -0.454 e. The first-order valence-corrected chi connectivity index (χ1v) is 10.5. The minimum atomic E-state index is -0.478. The van der Waals surface area contributed by atoms with Crippen molar-refractivity contribution in [1.82, 2.24) is 0 Å². The summed E-state index contributed by atoms with van der Waals surface area (Å²) in [6.07, 6.45) is 2.63. The quantitative estimate of drug-likeness (QED) is 0.582. The van der Waals surface area contributed by atoms with Gasteiger partial charge in [-0.3, -0.25) is 4.79 Å². The molecule has 0 saturated heterocycles. The maximum atomic E-state index is 13.3. The number of carbonyl (C=O) groups excluding carboxylic acids is 1. The first kappa shape index (κ1) is 18.7. The molecule has 4 heteroatoms. The Hall–Kier alpha value is -3.27. The van der Waals surface area contributed by atoms with Crippen LogP contribution < -0.4 is 14.8 Å². The van der Waals surface area contributed by atoms with E-state index in [0.717, 1.165) is 42.0 Å². The number of carbonyl (C=O) groups is 1. The first-order valence-electron chi connectivity index (χ1n) is 10.5. The smallest absolute Gasteiger partial charge is 0.235 e. The van der Waals surface area contributed by atoms with E-state index >= 15 is 0 Å². The molecule has 0 atom stereocenters. The Morgan fingerprint density at radius 2 is 1.87 bits per heavy atom. The molecule has 1 aliphatic heterocycles. The van der Waals surface area contributed by atoms with Crippen LogP contribution in [0.25, 0.3) is 11.1 Å². The largest absolute Gasteiger partial charge is 0.454 e. The van der Waals surface area contributed by atoms with Crippen molar-refractivity contribution < 1.29 is 15.7 Å². The van der Waals surface area contributed by atoms with E-state index in [9.17, 15) is 4.79 Å². The highest BCUT2D eigenvalue weighted by Crippen LogP contribution is 2.51. The standard InChI is InChI=1S/C26H25NO3.H2/c1-3-18-7-9-21(15-22(18)19-6-4-5-17(2)13-19)27-25(28)26(11-12-26)20-8-10-23-24(14-20)30-16-29-23;/h4-10,13-15H,3,11-12,16H2,1-2H3,(H,27,28);1H. The summed E-state index contributed by atoms with van der Waals surface area (Å²) < 4.78 is 10.9. The van der Waals surface area contributed by atoms with Crippen LogP contribution in [0.3, 0.4) is 0 Å². The topological polar surface area (TPSA) is 47.6 Å². The van der Waals surface area contributed by atoms with E-state index in [4.69, 9.17) is 9.47 Å². The second kappa shape index (κ2) is 7.21. The molecule has 1 saturated carbocycles. The molecule has 1 fully saturated rings. The Bertz CT molecular complexity index is 1140. The zero-order valence-corrected chi connectivity index (χ0v) is 17.3. The second-order valence-corrected chi connectivity index (χ2v) is 8.20. The Morgan fingerprint density at radius 3 is 2.63 bits per heavy atom. The highest BCUT2D eigenvalue weighted by molar-refractivity contribution is 6.02. The number of amides is 1. The summed E-state index contributed by atoms with van der Waals surface area (Å²) in [6.45, 7) is 4.50. The summed E-state index contributed by atoms with van der Waals surface area (Å²) in [5.41, 5.74) is 6.20. The van der Waals surface area contributed by atoms with Gasteiger partial charge in [-0.25, -0.2) is 0 Å². The fourth-order valence-electron chi connectivity index (χ4n) is 4.26. The number of ether oxygens (including phenoxy) is 2. The molecule has 3 aromatic rings. The van der Waals surface area contributed by atoms with Gasteiger partial charge < -0.3 is 14.8 Å². The van der Waals surface area contributed by atoms with Crippen molar-refractivity contribution >= 4 is 11.6 Å². The average Bonchev–Trinajstić information content (AvgIpc) is 3.44. The maximum absolute atomic E-state index is 13.3. The van der Waals surface area contributed by atoms with Gasteiger partial charge in [0.15, 0.2) is 11.5 Å². The second-order valence-electron chi connectivity index (χ2n) is 8.20. The Morgan fingerprint density at radius 1 is 1.03 bits per heavy atom. The van der Waals surface area contributed by atoms with Crippen molar-refractivity contribution in [1.29, 1.82) is 0 Å². The predicted octanol–water partition coefficient (Wildman–Crippen LogP) is 5.87. The highest BCUT2D eigenvalue weighted by atomic mass is 16.7. The third kappa shape index (κ3) is 3.22. The minimum absolute atomic E-state index is 0. The molecule has 0 unspecified atom stereocenters. The third-order valence-electron chi connectivity index (χ3n) is 6.19. The van der Waals surface area contributed by atoms with Gasteiger partial charge in [0.25, 0.3) is 0 Å². The van der Waals surface area contributed by atoms with E-state index in [1.165, 1.54) is 22.3 Å². The van der Waals surface area contributed by atoms with Gasteiger partial charge in [-0.05, 0) is 72.7 Å². The molecule has 5 rings (SSSR count). The van der Waals surface area contributed by atoms with Crippen LogP contribution in [0.15, 0.2) is 60.7 Å². The van der Waals surface area contributed by atoms with Crippen LogP contribution >= 0.6 is 0 Å². The summed E-state index contributed by atoms with van der Waals surface area (Å²) in [7, 11) is 0. The number of aryl methyl sites for hydroxylation is 2. The number of hydrogen-bond donors (Lipinski definition) is 1. The SMILES string of the molecule is CCc1ccc(NC(=O)C2(c3ccc4c(c3)OCO4)CC2)cc1-c1cccc(C)c1.[HH]. The van der Waals surface area contributed by atoms with Crippen LogP contribution in [0.4, 0.5) is 5.69 Å². The number of rotatable bonds is 5. The Labute approximate surface area is 178 Å². The lowest BCUT2D eigenvalue weighted by molar-refractivity contribution is -0.118. The van der Waals surface area contributed by atoms with Crippen LogP contribution in [0.2, 0.25) is 0 Å². The van der Waals surface area contributed by atoms with Crippen molar-refractivity contribution in [2.24, 2.45) is 0 Å². The lowest BCUT2D eigenvalue weighted by Gasteiger charge is -2.18. The van der Waals surface area contributed by atoms with Crippen LogP contribution in [-0.2, 0) is 16.6 Å². The van der Waals surface area contributed by atoms with Gasteiger partial charge in [-0.2, -0.15) is 0 Å². The van der Waals surface area contributed by atoms with Crippen LogP contribution in [0.1, 0.15) is 37.9 Å². The molecular formula is C26H27NO3. The summed E-state index contributed by atoms with van der Waals surface area (Å²) in [4.78, 5) is 13.3. The Kier molecular flexibility index (Phi) is 4.50. The van der Waals surface area contributed by atoms with E-state index in [-0.39, 0.29) is 14.1 Å². The molecule has 0 aromatic heterocycles. The van der Waals surface area contributed by atoms with Crippen LogP contribution in [0.5, 0.6) is 11.5 Å². The van der Waals surface area contributed by atoms with E-state index in [1.54, 1.807) is 0 Å². The third-order valence-corrected chi connectivity index (χ3v) is 6.19. The van der Waals surface area contributed by atoms with Gasteiger partial charge in [-0.1, -0.05) is 48.9 Å². The van der Waals surface area contributed by atoms with E-state index in [0.29, 0.717) is 0 Å². The molecular weight excluding hydrogens is 374 g/mol. The molecule has 1 amide bonds. The molecule has 3 aromatic carbocycles. The molecule has 1 heterocycles. The van der Waals surface area contributed by atoms with Crippen molar-refractivity contribution in [2.75, 3.05) is 12.1 Å². The number of anilines is 1. The fraction of sp³-hybridized carbons (Fsp3) is 0.269. The number of benzene rings is 3. The highest BCUT2D eigenvalue weighted by Gasteiger charge is 2.51. The van der Waals surface area contributed by atoms with Crippen molar-refractivity contribution in [2.45, 2.75) is 38.5 Å². The van der Waals surface area contributed by atoms with Crippen LogP contribution in [0, 0.1) is 6.92 Å². The van der Waals surface area contributed by atoms with E-state index in [2.05, 4.69) is 55.6 Å². The molecule has 154 valence electrons. The van der Waals surface area contributed by atoms with Gasteiger partial charge in [0.2, 0.25) is 12.7 Å². The predicted molar refractivity (Wildman–Crippen MR) is 120 cm³/mol. The number of nitrogens with one attached hydrogen (secondary N) is 1. The first-order chi connectivity index (χ1) is 14.6. The molecule has 1 N–H and O–H groups in total. The zero-order valence-electron chi connectivity index (χ0n) is 17.3. The van der Waals surface area contributed by atoms with Gasteiger partial charge in [0, 0.05) is 7.11 Å². The molecule has 2 aliphatic rings. The van der Waals surface area contributed by atoms with Gasteiger partial charge in [0.05, 0.1) is 5.41 Å². The normalized spacial score (nSPS) is 15.7. The summed E-state index contributed by atoms with van der Waals surface area (Å²) in [5.74, 6) is 1.51. The van der Waals surface area contributed by atoms with Crippen LogP contribution in [-0.4, -0.2) is 12.7 Å². The summed E-state index contributed by atoms with van der Waals surface area (Å²) in [6, 6.07) is 20.6. The molecule has 0 radical (unpaired) electrons. The van der Waals surface area contributed by atoms with Gasteiger partial charge in [0.1, 0.15) is 0 Å². The number of hydrogen-bond acceptors (Lipinski definition) is 3. The molecule has 1 aliphatic carbocycles. The number of fused-ring (bicyclic) bond motifs is 1. The molecule has 30 heavy (non-hydrogen) atoms. The maximum Gasteiger partial charge on any atom is 0.235 e. The lowest BCUT2D eigenvalue weighted by atomic mass is 9.93.